The molecule has 194 valence electrons. The molecule has 5 rings (SSSR count). The number of nitrogens with one attached hydrogen (secondary N) is 1. The zero-order valence-electron chi connectivity index (χ0n) is 20.1. The van der Waals surface area contributed by atoms with Crippen LogP contribution in [0.1, 0.15) is 37.0 Å². The fourth-order valence-electron chi connectivity index (χ4n) is 4.41. The molecule has 2 N–H and O–H groups in total. The van der Waals surface area contributed by atoms with E-state index < -0.39 is 34.5 Å². The van der Waals surface area contributed by atoms with Gasteiger partial charge < -0.3 is 9.84 Å². The monoisotopic (exact) mass is 553 g/mol. The van der Waals surface area contributed by atoms with Gasteiger partial charge in [-0.2, -0.15) is 4.39 Å². The number of thiophene rings is 1. The fraction of sp³-hybridized carbons (Fsp3) is 0.172. The van der Waals surface area contributed by atoms with Crippen molar-refractivity contribution < 1.29 is 28.2 Å². The van der Waals surface area contributed by atoms with Gasteiger partial charge in [-0.1, -0.05) is 66.2 Å². The summed E-state index contributed by atoms with van der Waals surface area (Å²) in [6, 6.07) is 20.2. The summed E-state index contributed by atoms with van der Waals surface area (Å²) >= 11 is 6.66. The van der Waals surface area contributed by atoms with E-state index in [0.29, 0.717) is 23.3 Å². The lowest BCUT2D eigenvalue weighted by atomic mass is 9.93. The number of anilines is 1. The fourth-order valence-corrected chi connectivity index (χ4v) is 5.41. The zero-order chi connectivity index (χ0) is 27.0. The third-order valence-electron chi connectivity index (χ3n) is 6.70. The number of hydrogen-bond acceptors (Lipinski definition) is 4. The Bertz CT molecular complexity index is 1510. The number of carbonyl (C=O) groups excluding carboxylic acids is 1. The number of halogens is 3. The van der Waals surface area contributed by atoms with Gasteiger partial charge in [0.15, 0.2) is 5.13 Å². The summed E-state index contributed by atoms with van der Waals surface area (Å²) in [5.41, 5.74) is 2.97. The van der Waals surface area contributed by atoms with Crippen LogP contribution in [0.3, 0.4) is 0 Å². The lowest BCUT2D eigenvalue weighted by Gasteiger charge is -2.15. The number of carbonyl (C=O) groups is 2. The predicted molar refractivity (Wildman–Crippen MR) is 144 cm³/mol. The van der Waals surface area contributed by atoms with Gasteiger partial charge in [0.25, 0.3) is 0 Å². The second kappa shape index (κ2) is 10.2. The highest BCUT2D eigenvalue weighted by Crippen LogP contribution is 2.48. The van der Waals surface area contributed by atoms with Gasteiger partial charge in [-0.15, -0.1) is 11.3 Å². The minimum atomic E-state index is -0.893. The summed E-state index contributed by atoms with van der Waals surface area (Å²) in [5.74, 6) is -1.39. The highest BCUT2D eigenvalue weighted by Gasteiger charge is 2.51. The standard InChI is InChI=1S/C29H22ClF2NO4S/c1-16(22-11-10-21(30)14-23(22)31)37-28(36)33-24-15-25(32)38-26(24)19-4-2-17(3-5-19)18-6-8-20(9-7-18)29(12-13-29)27(34)35/h2-11,14-16H,12-13H2,1H3,(H,33,36)(H,34,35). The molecule has 1 atom stereocenters. The van der Waals surface area contributed by atoms with Crippen LogP contribution in [0.5, 0.6) is 0 Å². The van der Waals surface area contributed by atoms with Crippen molar-refractivity contribution in [3.8, 4) is 21.6 Å². The molecule has 3 aromatic carbocycles. The SMILES string of the molecule is CC(OC(=O)Nc1cc(F)sc1-c1ccc(-c2ccc(C3(C(=O)O)CC3)cc2)cc1)c1ccc(Cl)cc1F. The van der Waals surface area contributed by atoms with Gasteiger partial charge in [0.05, 0.1) is 16.0 Å². The molecule has 5 nitrogen and oxygen atoms in total. The van der Waals surface area contributed by atoms with E-state index in [-0.39, 0.29) is 16.3 Å². The first-order chi connectivity index (χ1) is 18.2. The maximum atomic E-state index is 14.2. The van der Waals surface area contributed by atoms with E-state index in [4.69, 9.17) is 16.3 Å². The summed E-state index contributed by atoms with van der Waals surface area (Å²) in [5, 5.41) is 11.8. The molecule has 38 heavy (non-hydrogen) atoms. The lowest BCUT2D eigenvalue weighted by Crippen LogP contribution is -2.19. The number of rotatable bonds is 7. The lowest BCUT2D eigenvalue weighted by molar-refractivity contribution is -0.140. The number of ether oxygens (including phenoxy) is 1. The maximum Gasteiger partial charge on any atom is 0.412 e. The molecule has 1 saturated carbocycles. The molecule has 1 aliphatic carbocycles. The van der Waals surface area contributed by atoms with E-state index in [1.54, 1.807) is 0 Å². The van der Waals surface area contributed by atoms with Crippen LogP contribution in [-0.2, 0) is 14.9 Å². The van der Waals surface area contributed by atoms with E-state index in [1.807, 2.05) is 48.5 Å². The first-order valence-corrected chi connectivity index (χ1v) is 13.0. The molecule has 4 aromatic rings. The zero-order valence-corrected chi connectivity index (χ0v) is 21.7. The molecule has 9 heteroatoms. The summed E-state index contributed by atoms with van der Waals surface area (Å²) < 4.78 is 33.7. The third kappa shape index (κ3) is 5.14. The molecule has 0 saturated heterocycles. The molecule has 0 radical (unpaired) electrons. The van der Waals surface area contributed by atoms with E-state index in [1.165, 1.54) is 25.1 Å². The Hall–Kier alpha value is -3.75. The van der Waals surface area contributed by atoms with Crippen LogP contribution in [0.25, 0.3) is 21.6 Å². The van der Waals surface area contributed by atoms with E-state index in [0.717, 1.165) is 34.1 Å². The Balaban J connectivity index is 1.30. The number of hydrogen-bond donors (Lipinski definition) is 2. The third-order valence-corrected chi connectivity index (χ3v) is 7.91. The molecular formula is C29H22ClF2NO4S. The average molecular weight is 554 g/mol. The molecule has 0 bridgehead atoms. The highest BCUT2D eigenvalue weighted by molar-refractivity contribution is 7.14. The summed E-state index contributed by atoms with van der Waals surface area (Å²) in [4.78, 5) is 24.6. The second-order valence-corrected chi connectivity index (χ2v) is 10.6. The molecule has 1 aromatic heterocycles. The minimum absolute atomic E-state index is 0.167. The Morgan fingerprint density at radius 3 is 2.16 bits per heavy atom. The number of carboxylic acid groups (broad SMARTS) is 1. The molecule has 1 amide bonds. The van der Waals surface area contributed by atoms with Gasteiger partial charge in [0.1, 0.15) is 11.9 Å². The molecule has 1 aliphatic rings. The Kier molecular flexibility index (Phi) is 6.94. The molecule has 0 aliphatic heterocycles. The number of carboxylic acids is 1. The van der Waals surface area contributed by atoms with Crippen molar-refractivity contribution in [1.29, 1.82) is 0 Å². The largest absolute Gasteiger partial charge is 0.481 e. The van der Waals surface area contributed by atoms with Crippen molar-refractivity contribution in [2.45, 2.75) is 31.3 Å². The number of aliphatic carboxylic acids is 1. The Labute approximate surface area is 226 Å². The molecular weight excluding hydrogens is 532 g/mol. The summed E-state index contributed by atoms with van der Waals surface area (Å²) in [6.07, 6.45) is -0.448. The van der Waals surface area contributed by atoms with Gasteiger partial charge in [-0.25, -0.2) is 9.18 Å². The van der Waals surface area contributed by atoms with Gasteiger partial charge in [0, 0.05) is 16.7 Å². The Morgan fingerprint density at radius 2 is 1.58 bits per heavy atom. The van der Waals surface area contributed by atoms with Crippen LogP contribution in [0.2, 0.25) is 5.02 Å². The highest BCUT2D eigenvalue weighted by atomic mass is 35.5. The second-order valence-electron chi connectivity index (χ2n) is 9.17. The summed E-state index contributed by atoms with van der Waals surface area (Å²) in [7, 11) is 0. The van der Waals surface area contributed by atoms with E-state index >= 15 is 0 Å². The van der Waals surface area contributed by atoms with Crippen LogP contribution in [0.15, 0.2) is 72.8 Å². The molecule has 1 heterocycles. The molecule has 1 fully saturated rings. The van der Waals surface area contributed by atoms with Crippen molar-refractivity contribution in [2.75, 3.05) is 5.32 Å². The average Bonchev–Trinajstić information content (AvgIpc) is 3.62. The topological polar surface area (TPSA) is 75.6 Å². The van der Waals surface area contributed by atoms with Gasteiger partial charge in [0.2, 0.25) is 0 Å². The first kappa shape index (κ1) is 25.9. The molecule has 0 spiro atoms. The van der Waals surface area contributed by atoms with Gasteiger partial charge in [-0.05, 0) is 54.2 Å². The Morgan fingerprint density at radius 1 is 0.974 bits per heavy atom. The smallest absolute Gasteiger partial charge is 0.412 e. The van der Waals surface area contributed by atoms with E-state index in [2.05, 4.69) is 5.32 Å². The van der Waals surface area contributed by atoms with Crippen molar-refractivity contribution in [3.63, 3.8) is 0 Å². The quantitative estimate of drug-likeness (QED) is 0.241. The van der Waals surface area contributed by atoms with Crippen molar-refractivity contribution in [2.24, 2.45) is 0 Å². The van der Waals surface area contributed by atoms with Crippen LogP contribution < -0.4 is 5.32 Å². The van der Waals surface area contributed by atoms with Crippen molar-refractivity contribution in [3.05, 3.63) is 99.9 Å². The number of amides is 1. The van der Waals surface area contributed by atoms with Gasteiger partial charge >= 0.3 is 12.1 Å². The number of benzene rings is 3. The van der Waals surface area contributed by atoms with E-state index in [9.17, 15) is 23.5 Å². The first-order valence-electron chi connectivity index (χ1n) is 11.8. The van der Waals surface area contributed by atoms with Gasteiger partial charge in [-0.3, -0.25) is 10.1 Å². The molecule has 1 unspecified atom stereocenters. The maximum absolute atomic E-state index is 14.2. The van der Waals surface area contributed by atoms with Crippen molar-refractivity contribution in [1.82, 2.24) is 0 Å². The minimum Gasteiger partial charge on any atom is -0.481 e. The van der Waals surface area contributed by atoms with Crippen molar-refractivity contribution >= 4 is 40.7 Å². The normalized spacial score (nSPS) is 14.5. The van der Waals surface area contributed by atoms with Crippen LogP contribution >= 0.6 is 22.9 Å². The van der Waals surface area contributed by atoms with Crippen LogP contribution in [0.4, 0.5) is 19.3 Å². The summed E-state index contributed by atoms with van der Waals surface area (Å²) in [6.45, 7) is 1.53. The van der Waals surface area contributed by atoms with Crippen LogP contribution in [0, 0.1) is 10.9 Å². The predicted octanol–water partition coefficient (Wildman–Crippen LogP) is 8.44. The van der Waals surface area contributed by atoms with Crippen LogP contribution in [-0.4, -0.2) is 17.2 Å².